The summed E-state index contributed by atoms with van der Waals surface area (Å²) in [5.74, 6) is -0.551. The van der Waals surface area contributed by atoms with E-state index >= 15 is 0 Å². The zero-order valence-corrected chi connectivity index (χ0v) is 16.8. The van der Waals surface area contributed by atoms with Crippen molar-refractivity contribution < 1.29 is 19.1 Å². The molecule has 1 saturated heterocycles. The molecule has 1 fully saturated rings. The van der Waals surface area contributed by atoms with Gasteiger partial charge in [0.25, 0.3) is 0 Å². The number of carbonyl (C=O) groups is 3. The number of aromatic amines is 1. The Hall–Kier alpha value is -3.53. The van der Waals surface area contributed by atoms with Crippen LogP contribution in [0.5, 0.6) is 0 Å². The maximum Gasteiger partial charge on any atom is 0.338 e. The number of pyridine rings is 1. The molecule has 3 heterocycles. The molecule has 0 aliphatic carbocycles. The molecule has 0 bridgehead atoms. The second-order valence-electron chi connectivity index (χ2n) is 6.35. The number of aromatic nitrogens is 4. The molecular formula is C20H17N5O4S. The topological polar surface area (TPSA) is 118 Å². The monoisotopic (exact) mass is 423 g/mol. The average Bonchev–Trinajstić information content (AvgIpc) is 3.33. The van der Waals surface area contributed by atoms with Crippen LogP contribution in [0, 0.1) is 0 Å². The van der Waals surface area contributed by atoms with Crippen LogP contribution in [0.3, 0.4) is 0 Å². The van der Waals surface area contributed by atoms with Crippen molar-refractivity contribution in [2.45, 2.75) is 23.8 Å². The molecule has 9 nitrogen and oxygen atoms in total. The van der Waals surface area contributed by atoms with Crippen LogP contribution in [0.15, 0.2) is 53.9 Å². The van der Waals surface area contributed by atoms with E-state index in [4.69, 9.17) is 4.74 Å². The minimum Gasteiger partial charge on any atom is -0.462 e. The largest absolute Gasteiger partial charge is 0.462 e. The molecule has 2 aromatic heterocycles. The number of imide groups is 1. The Kier molecular flexibility index (Phi) is 5.57. The third kappa shape index (κ3) is 3.94. The summed E-state index contributed by atoms with van der Waals surface area (Å²) in [5, 5.41) is 6.72. The molecule has 1 unspecified atom stereocenters. The SMILES string of the molecule is CCOC(=O)c1ccc(N2C(=O)CC(Sc3n[nH]c(-c4ccncc4)n3)C2=O)cc1. The molecule has 2 amide bonds. The van der Waals surface area contributed by atoms with Crippen molar-refractivity contribution in [1.29, 1.82) is 0 Å². The first-order valence-electron chi connectivity index (χ1n) is 9.20. The molecule has 1 atom stereocenters. The number of carbonyl (C=O) groups excluding carboxylic acids is 3. The van der Waals surface area contributed by atoms with Gasteiger partial charge < -0.3 is 4.74 Å². The van der Waals surface area contributed by atoms with E-state index in [1.807, 2.05) is 0 Å². The van der Waals surface area contributed by atoms with Crippen molar-refractivity contribution in [2.24, 2.45) is 0 Å². The fraction of sp³-hybridized carbons (Fsp3) is 0.200. The third-order valence-electron chi connectivity index (χ3n) is 4.41. The van der Waals surface area contributed by atoms with E-state index in [0.717, 1.165) is 22.2 Å². The summed E-state index contributed by atoms with van der Waals surface area (Å²) in [4.78, 5) is 46.6. The smallest absolute Gasteiger partial charge is 0.338 e. The van der Waals surface area contributed by atoms with E-state index in [1.165, 1.54) is 12.1 Å². The zero-order chi connectivity index (χ0) is 21.1. The zero-order valence-electron chi connectivity index (χ0n) is 15.9. The number of rotatable bonds is 6. The lowest BCUT2D eigenvalue weighted by atomic mass is 10.2. The summed E-state index contributed by atoms with van der Waals surface area (Å²) in [6.45, 7) is 1.99. The van der Waals surface area contributed by atoms with Gasteiger partial charge in [-0.25, -0.2) is 14.7 Å². The first kappa shape index (κ1) is 19.8. The first-order valence-corrected chi connectivity index (χ1v) is 10.1. The molecule has 3 aromatic rings. The average molecular weight is 423 g/mol. The number of esters is 1. The number of thioether (sulfide) groups is 1. The molecule has 4 rings (SSSR count). The van der Waals surface area contributed by atoms with Gasteiger partial charge in [0.2, 0.25) is 17.0 Å². The Morgan fingerprint density at radius 3 is 2.63 bits per heavy atom. The standard InChI is InChI=1S/C20H17N5O4S/c1-2-29-19(28)13-3-5-14(6-4-13)25-16(26)11-15(18(25)27)30-20-22-17(23-24-20)12-7-9-21-10-8-12/h3-10,15H,2,11H2,1H3,(H,22,23,24). The molecule has 1 aromatic carbocycles. The first-order chi connectivity index (χ1) is 14.6. The van der Waals surface area contributed by atoms with Crippen LogP contribution in [0.25, 0.3) is 11.4 Å². The second-order valence-corrected chi connectivity index (χ2v) is 7.52. The molecule has 152 valence electrons. The van der Waals surface area contributed by atoms with Gasteiger partial charge >= 0.3 is 5.97 Å². The highest BCUT2D eigenvalue weighted by Crippen LogP contribution is 2.33. The number of amides is 2. The fourth-order valence-electron chi connectivity index (χ4n) is 2.99. The lowest BCUT2D eigenvalue weighted by Gasteiger charge is -2.15. The predicted molar refractivity (Wildman–Crippen MR) is 109 cm³/mol. The van der Waals surface area contributed by atoms with Gasteiger partial charge in [-0.3, -0.25) is 19.7 Å². The van der Waals surface area contributed by atoms with E-state index in [2.05, 4.69) is 20.2 Å². The Morgan fingerprint density at radius 1 is 1.20 bits per heavy atom. The molecule has 0 saturated carbocycles. The van der Waals surface area contributed by atoms with Gasteiger partial charge in [-0.2, -0.15) is 0 Å². The highest BCUT2D eigenvalue weighted by Gasteiger charge is 2.40. The van der Waals surface area contributed by atoms with Crippen LogP contribution in [-0.2, 0) is 14.3 Å². The quantitative estimate of drug-likeness (QED) is 0.474. The van der Waals surface area contributed by atoms with Gasteiger partial charge in [-0.1, -0.05) is 11.8 Å². The van der Waals surface area contributed by atoms with Gasteiger partial charge in [-0.05, 0) is 43.3 Å². The number of anilines is 1. The summed E-state index contributed by atoms with van der Waals surface area (Å²) in [6.07, 6.45) is 3.34. The van der Waals surface area contributed by atoms with Crippen LogP contribution < -0.4 is 4.90 Å². The molecule has 1 aliphatic heterocycles. The van der Waals surface area contributed by atoms with Gasteiger partial charge in [0.05, 0.1) is 17.9 Å². The molecular weight excluding hydrogens is 406 g/mol. The maximum atomic E-state index is 12.8. The lowest BCUT2D eigenvalue weighted by molar-refractivity contribution is -0.121. The van der Waals surface area contributed by atoms with Crippen LogP contribution >= 0.6 is 11.8 Å². The molecule has 1 aliphatic rings. The van der Waals surface area contributed by atoms with E-state index < -0.39 is 11.2 Å². The van der Waals surface area contributed by atoms with Crippen molar-refractivity contribution in [2.75, 3.05) is 11.5 Å². The number of benzene rings is 1. The number of ether oxygens (including phenoxy) is 1. The van der Waals surface area contributed by atoms with Gasteiger partial charge in [-0.15, -0.1) is 5.10 Å². The second kappa shape index (κ2) is 8.46. The summed E-state index contributed by atoms with van der Waals surface area (Å²) < 4.78 is 4.94. The highest BCUT2D eigenvalue weighted by molar-refractivity contribution is 8.00. The Bertz CT molecular complexity index is 1080. The van der Waals surface area contributed by atoms with Crippen molar-refractivity contribution in [1.82, 2.24) is 20.2 Å². The van der Waals surface area contributed by atoms with E-state index in [9.17, 15) is 14.4 Å². The van der Waals surface area contributed by atoms with E-state index in [0.29, 0.717) is 22.2 Å². The van der Waals surface area contributed by atoms with Crippen molar-refractivity contribution in [3.8, 4) is 11.4 Å². The summed E-state index contributed by atoms with van der Waals surface area (Å²) in [6, 6.07) is 9.77. The highest BCUT2D eigenvalue weighted by atomic mass is 32.2. The third-order valence-corrected chi connectivity index (χ3v) is 5.45. The Labute approximate surface area is 175 Å². The van der Waals surface area contributed by atoms with Crippen molar-refractivity contribution >= 4 is 35.2 Å². The summed E-state index contributed by atoms with van der Waals surface area (Å²) >= 11 is 1.14. The molecule has 0 radical (unpaired) electrons. The lowest BCUT2D eigenvalue weighted by Crippen LogP contribution is -2.31. The van der Waals surface area contributed by atoms with Gasteiger partial charge in [0.15, 0.2) is 5.82 Å². The van der Waals surface area contributed by atoms with Crippen LogP contribution in [0.2, 0.25) is 0 Å². The van der Waals surface area contributed by atoms with Crippen molar-refractivity contribution in [3.05, 3.63) is 54.4 Å². The minimum atomic E-state index is -0.622. The van der Waals surface area contributed by atoms with Crippen LogP contribution in [0.1, 0.15) is 23.7 Å². The number of nitrogens with zero attached hydrogens (tertiary/aromatic N) is 4. The Morgan fingerprint density at radius 2 is 1.93 bits per heavy atom. The predicted octanol–water partition coefficient (Wildman–Crippen LogP) is 2.47. The number of H-pyrrole nitrogens is 1. The van der Waals surface area contributed by atoms with Crippen LogP contribution in [-0.4, -0.2) is 49.8 Å². The van der Waals surface area contributed by atoms with Gasteiger partial charge in [0, 0.05) is 24.4 Å². The summed E-state index contributed by atoms with van der Waals surface area (Å²) in [7, 11) is 0. The molecule has 30 heavy (non-hydrogen) atoms. The fourth-order valence-corrected chi connectivity index (χ4v) is 3.92. The molecule has 10 heteroatoms. The van der Waals surface area contributed by atoms with E-state index in [1.54, 1.807) is 43.6 Å². The molecule has 0 spiro atoms. The summed E-state index contributed by atoms with van der Waals surface area (Å²) in [5.41, 5.74) is 1.59. The van der Waals surface area contributed by atoms with Crippen molar-refractivity contribution in [3.63, 3.8) is 0 Å². The minimum absolute atomic E-state index is 0.0439. The number of hydrogen-bond acceptors (Lipinski definition) is 8. The number of hydrogen-bond donors (Lipinski definition) is 1. The van der Waals surface area contributed by atoms with E-state index in [-0.39, 0.29) is 24.8 Å². The Balaban J connectivity index is 1.47. The maximum absolute atomic E-state index is 12.8. The van der Waals surface area contributed by atoms with Gasteiger partial charge in [0.1, 0.15) is 5.25 Å². The molecule has 1 N–H and O–H groups in total. The normalized spacial score (nSPS) is 16.2. The number of nitrogens with one attached hydrogen (secondary N) is 1. The van der Waals surface area contributed by atoms with Crippen LogP contribution in [0.4, 0.5) is 5.69 Å².